The number of rotatable bonds is 10. The number of nitrogens with zero attached hydrogens (tertiary/aromatic N) is 2. The van der Waals surface area contributed by atoms with Crippen molar-refractivity contribution in [1.82, 2.24) is 10.2 Å². The predicted molar refractivity (Wildman–Crippen MR) is 105 cm³/mol. The van der Waals surface area contributed by atoms with Crippen molar-refractivity contribution in [1.29, 1.82) is 0 Å². The Hall–Kier alpha value is -2.02. The number of guanidine groups is 1. The van der Waals surface area contributed by atoms with Crippen LogP contribution in [0.1, 0.15) is 38.9 Å². The van der Waals surface area contributed by atoms with Crippen LogP contribution in [-0.2, 0) is 20.7 Å². The number of furan rings is 1. The van der Waals surface area contributed by atoms with Crippen LogP contribution in [0.5, 0.6) is 0 Å². The SMILES string of the molecule is CCOCCCN=C(NCCc1ccco1)N1CCC(C(=O)OCC)CC1. The van der Waals surface area contributed by atoms with Gasteiger partial charge in [-0.05, 0) is 45.2 Å². The molecule has 0 aliphatic carbocycles. The lowest BCUT2D eigenvalue weighted by Crippen LogP contribution is -2.47. The van der Waals surface area contributed by atoms with E-state index in [0.717, 1.165) is 76.8 Å². The normalized spacial score (nSPS) is 15.8. The van der Waals surface area contributed by atoms with Gasteiger partial charge in [0.25, 0.3) is 0 Å². The number of likely N-dealkylation sites (tertiary alicyclic amines) is 1. The Bertz CT molecular complexity index is 552. The Kier molecular flexibility index (Phi) is 9.76. The first-order valence-electron chi connectivity index (χ1n) is 10.0. The molecule has 0 aromatic carbocycles. The fourth-order valence-corrected chi connectivity index (χ4v) is 3.10. The van der Waals surface area contributed by atoms with E-state index in [1.165, 1.54) is 0 Å². The maximum atomic E-state index is 11.9. The molecule has 27 heavy (non-hydrogen) atoms. The van der Waals surface area contributed by atoms with Gasteiger partial charge in [-0.25, -0.2) is 0 Å². The summed E-state index contributed by atoms with van der Waals surface area (Å²) in [6, 6.07) is 3.88. The molecule has 0 spiro atoms. The van der Waals surface area contributed by atoms with E-state index in [4.69, 9.17) is 18.9 Å². The summed E-state index contributed by atoms with van der Waals surface area (Å²) in [4.78, 5) is 18.9. The first-order chi connectivity index (χ1) is 13.2. The van der Waals surface area contributed by atoms with E-state index in [1.54, 1.807) is 6.26 Å². The number of hydrogen-bond acceptors (Lipinski definition) is 5. The number of hydrogen-bond donors (Lipinski definition) is 1. The Balaban J connectivity index is 1.84. The third-order valence-corrected chi connectivity index (χ3v) is 4.56. The zero-order valence-electron chi connectivity index (χ0n) is 16.6. The van der Waals surface area contributed by atoms with Gasteiger partial charge in [0.2, 0.25) is 0 Å². The smallest absolute Gasteiger partial charge is 0.309 e. The van der Waals surface area contributed by atoms with E-state index in [1.807, 2.05) is 26.0 Å². The number of aliphatic imine (C=N–C) groups is 1. The maximum Gasteiger partial charge on any atom is 0.309 e. The van der Waals surface area contributed by atoms with Crippen LogP contribution < -0.4 is 5.32 Å². The molecule has 0 amide bonds. The van der Waals surface area contributed by atoms with Gasteiger partial charge in [0.15, 0.2) is 5.96 Å². The molecule has 0 atom stereocenters. The van der Waals surface area contributed by atoms with Crippen molar-refractivity contribution in [3.63, 3.8) is 0 Å². The van der Waals surface area contributed by atoms with Gasteiger partial charge in [0.05, 0.1) is 18.8 Å². The fourth-order valence-electron chi connectivity index (χ4n) is 3.10. The Morgan fingerprint density at radius 1 is 1.33 bits per heavy atom. The Morgan fingerprint density at radius 2 is 2.15 bits per heavy atom. The van der Waals surface area contributed by atoms with Crippen LogP contribution in [0.4, 0.5) is 0 Å². The minimum Gasteiger partial charge on any atom is -0.469 e. The van der Waals surface area contributed by atoms with Crippen molar-refractivity contribution < 1.29 is 18.7 Å². The van der Waals surface area contributed by atoms with E-state index in [-0.39, 0.29) is 11.9 Å². The lowest BCUT2D eigenvalue weighted by Gasteiger charge is -2.33. The molecule has 7 nitrogen and oxygen atoms in total. The van der Waals surface area contributed by atoms with E-state index < -0.39 is 0 Å². The van der Waals surface area contributed by atoms with Crippen LogP contribution in [0.3, 0.4) is 0 Å². The average molecular weight is 380 g/mol. The highest BCUT2D eigenvalue weighted by Gasteiger charge is 2.27. The quantitative estimate of drug-likeness (QED) is 0.291. The number of nitrogens with one attached hydrogen (secondary N) is 1. The molecule has 2 rings (SSSR count). The van der Waals surface area contributed by atoms with Gasteiger partial charge in [-0.15, -0.1) is 0 Å². The topological polar surface area (TPSA) is 76.3 Å². The molecule has 1 aliphatic heterocycles. The Labute approximate surface area is 162 Å². The molecular weight excluding hydrogens is 346 g/mol. The first-order valence-corrected chi connectivity index (χ1v) is 10.0. The highest BCUT2D eigenvalue weighted by molar-refractivity contribution is 5.80. The van der Waals surface area contributed by atoms with Gasteiger partial charge in [-0.1, -0.05) is 0 Å². The molecular formula is C20H33N3O4. The second-order valence-corrected chi connectivity index (χ2v) is 6.53. The summed E-state index contributed by atoms with van der Waals surface area (Å²) in [6.45, 7) is 8.85. The van der Waals surface area contributed by atoms with Gasteiger partial charge in [-0.3, -0.25) is 9.79 Å². The van der Waals surface area contributed by atoms with E-state index in [9.17, 15) is 4.79 Å². The molecule has 2 heterocycles. The zero-order valence-corrected chi connectivity index (χ0v) is 16.6. The lowest BCUT2D eigenvalue weighted by molar-refractivity contribution is -0.149. The molecule has 1 saturated heterocycles. The van der Waals surface area contributed by atoms with Crippen molar-refractivity contribution in [2.45, 2.75) is 39.5 Å². The second kappa shape index (κ2) is 12.4. The van der Waals surface area contributed by atoms with Gasteiger partial charge < -0.3 is 24.1 Å². The van der Waals surface area contributed by atoms with Crippen LogP contribution >= 0.6 is 0 Å². The van der Waals surface area contributed by atoms with Crippen LogP contribution in [0.25, 0.3) is 0 Å². The minimum atomic E-state index is -0.0712. The summed E-state index contributed by atoms with van der Waals surface area (Å²) in [6.07, 6.45) is 5.01. The van der Waals surface area contributed by atoms with Gasteiger partial charge >= 0.3 is 5.97 Å². The molecule has 1 fully saturated rings. The van der Waals surface area contributed by atoms with Crippen molar-refractivity contribution >= 4 is 11.9 Å². The minimum absolute atomic E-state index is 0.00326. The number of ether oxygens (including phenoxy) is 2. The van der Waals surface area contributed by atoms with Crippen LogP contribution in [0.2, 0.25) is 0 Å². The third-order valence-electron chi connectivity index (χ3n) is 4.56. The molecule has 0 radical (unpaired) electrons. The molecule has 1 N–H and O–H groups in total. The summed E-state index contributed by atoms with van der Waals surface area (Å²) in [7, 11) is 0. The molecule has 0 bridgehead atoms. The summed E-state index contributed by atoms with van der Waals surface area (Å²) in [5, 5.41) is 3.45. The fraction of sp³-hybridized carbons (Fsp3) is 0.700. The van der Waals surface area contributed by atoms with Crippen LogP contribution in [0, 0.1) is 5.92 Å². The van der Waals surface area contributed by atoms with Gasteiger partial charge in [-0.2, -0.15) is 0 Å². The van der Waals surface area contributed by atoms with E-state index in [0.29, 0.717) is 6.61 Å². The summed E-state index contributed by atoms with van der Waals surface area (Å²) < 4.78 is 15.9. The number of esters is 1. The second-order valence-electron chi connectivity index (χ2n) is 6.53. The first kappa shape index (κ1) is 21.3. The predicted octanol–water partition coefficient (Wildman–Crippen LogP) is 2.47. The van der Waals surface area contributed by atoms with Crippen molar-refractivity contribution in [2.24, 2.45) is 10.9 Å². The standard InChI is InChI=1S/C20H33N3O4/c1-3-25-15-6-11-21-20(22-12-8-18-7-5-16-27-18)23-13-9-17(10-14-23)19(24)26-4-2/h5,7,16-17H,3-4,6,8-15H2,1-2H3,(H,21,22). The molecule has 7 heteroatoms. The van der Waals surface area contributed by atoms with E-state index in [2.05, 4.69) is 10.2 Å². The summed E-state index contributed by atoms with van der Waals surface area (Å²) in [5.41, 5.74) is 0. The molecule has 0 saturated carbocycles. The Morgan fingerprint density at radius 3 is 2.81 bits per heavy atom. The zero-order chi connectivity index (χ0) is 19.3. The molecule has 152 valence electrons. The highest BCUT2D eigenvalue weighted by Crippen LogP contribution is 2.18. The van der Waals surface area contributed by atoms with E-state index >= 15 is 0 Å². The van der Waals surface area contributed by atoms with Gasteiger partial charge in [0, 0.05) is 45.8 Å². The van der Waals surface area contributed by atoms with Crippen molar-refractivity contribution in [2.75, 3.05) is 46.0 Å². The van der Waals surface area contributed by atoms with Crippen molar-refractivity contribution in [3.05, 3.63) is 24.2 Å². The largest absolute Gasteiger partial charge is 0.469 e. The highest BCUT2D eigenvalue weighted by atomic mass is 16.5. The molecule has 1 aromatic rings. The molecule has 1 aromatic heterocycles. The van der Waals surface area contributed by atoms with Crippen LogP contribution in [-0.4, -0.2) is 62.8 Å². The van der Waals surface area contributed by atoms with Crippen molar-refractivity contribution in [3.8, 4) is 0 Å². The summed E-state index contributed by atoms with van der Waals surface area (Å²) in [5.74, 6) is 1.79. The molecule has 0 unspecified atom stereocenters. The summed E-state index contributed by atoms with van der Waals surface area (Å²) >= 11 is 0. The average Bonchev–Trinajstić information content (AvgIpc) is 3.20. The van der Waals surface area contributed by atoms with Crippen LogP contribution in [0.15, 0.2) is 27.8 Å². The monoisotopic (exact) mass is 379 g/mol. The molecule has 1 aliphatic rings. The number of carbonyl (C=O) groups excluding carboxylic acids is 1. The number of piperidine rings is 1. The maximum absolute atomic E-state index is 11.9. The third kappa shape index (κ3) is 7.62. The lowest BCUT2D eigenvalue weighted by atomic mass is 9.97. The van der Waals surface area contributed by atoms with Gasteiger partial charge in [0.1, 0.15) is 5.76 Å². The number of carbonyl (C=O) groups is 1.